The number of thiazole rings is 1. The molecule has 3 atom stereocenters. The van der Waals surface area contributed by atoms with Crippen LogP contribution in [0.1, 0.15) is 25.5 Å². The van der Waals surface area contributed by atoms with E-state index in [0.29, 0.717) is 10.7 Å². The third-order valence-corrected chi connectivity index (χ3v) is 5.42. The first-order valence-corrected chi connectivity index (χ1v) is 8.99. The Kier molecular flexibility index (Phi) is 5.12. The van der Waals surface area contributed by atoms with Gasteiger partial charge in [0.15, 0.2) is 4.96 Å². The second-order valence-corrected chi connectivity index (χ2v) is 7.31. The van der Waals surface area contributed by atoms with E-state index in [-0.39, 0.29) is 43.3 Å². The highest BCUT2D eigenvalue weighted by atomic mass is 32.1. The summed E-state index contributed by atoms with van der Waals surface area (Å²) in [7, 11) is 0. The van der Waals surface area contributed by atoms with Gasteiger partial charge in [-0.05, 0) is 5.92 Å². The molecular formula is C16H17N3O6S. The maximum atomic E-state index is 12.1. The summed E-state index contributed by atoms with van der Waals surface area (Å²) in [6.07, 6.45) is 1.65. The third-order valence-electron chi connectivity index (χ3n) is 4.67. The van der Waals surface area contributed by atoms with E-state index in [9.17, 15) is 24.5 Å². The highest BCUT2D eigenvalue weighted by Gasteiger charge is 2.44. The Morgan fingerprint density at radius 2 is 2.27 bits per heavy atom. The summed E-state index contributed by atoms with van der Waals surface area (Å²) < 4.78 is 6.53. The highest BCUT2D eigenvalue weighted by Crippen LogP contribution is 2.36. The van der Waals surface area contributed by atoms with Crippen LogP contribution in [0, 0.1) is 27.9 Å². The minimum Gasteiger partial charge on any atom is -0.459 e. The zero-order valence-electron chi connectivity index (χ0n) is 14.0. The minimum absolute atomic E-state index is 0.131. The van der Waals surface area contributed by atoms with Crippen molar-refractivity contribution in [3.05, 3.63) is 43.8 Å². The number of hydrogen-bond donors (Lipinski definition) is 0. The summed E-state index contributed by atoms with van der Waals surface area (Å²) in [5.74, 6) is -2.05. The van der Waals surface area contributed by atoms with Gasteiger partial charge in [0.2, 0.25) is 6.54 Å². The van der Waals surface area contributed by atoms with Crippen molar-refractivity contribution in [1.82, 2.24) is 9.38 Å². The third kappa shape index (κ3) is 3.79. The largest absolute Gasteiger partial charge is 0.459 e. The number of esters is 1. The molecule has 0 bridgehead atoms. The molecule has 0 amide bonds. The first-order chi connectivity index (χ1) is 12.3. The van der Waals surface area contributed by atoms with Crippen molar-refractivity contribution in [1.29, 1.82) is 0 Å². The van der Waals surface area contributed by atoms with E-state index in [1.807, 2.05) is 0 Å². The molecule has 0 radical (unpaired) electrons. The van der Waals surface area contributed by atoms with Crippen LogP contribution >= 0.6 is 11.3 Å². The summed E-state index contributed by atoms with van der Waals surface area (Å²) in [6.45, 7) is 1.27. The van der Waals surface area contributed by atoms with E-state index in [4.69, 9.17) is 4.74 Å². The maximum absolute atomic E-state index is 12.1. The first kappa shape index (κ1) is 18.2. The zero-order valence-corrected chi connectivity index (χ0v) is 14.8. The molecular weight excluding hydrogens is 362 g/mol. The van der Waals surface area contributed by atoms with Gasteiger partial charge in [0.1, 0.15) is 12.4 Å². The minimum atomic E-state index is -0.693. The second-order valence-electron chi connectivity index (χ2n) is 6.44. The molecule has 0 aromatic carbocycles. The van der Waals surface area contributed by atoms with Crippen LogP contribution in [0.5, 0.6) is 0 Å². The Bertz CT molecular complexity index is 920. The van der Waals surface area contributed by atoms with Crippen LogP contribution in [0.3, 0.4) is 0 Å². The molecule has 0 aliphatic heterocycles. The van der Waals surface area contributed by atoms with Gasteiger partial charge in [0.05, 0.1) is 12.1 Å². The van der Waals surface area contributed by atoms with E-state index in [0.717, 1.165) is 0 Å². The summed E-state index contributed by atoms with van der Waals surface area (Å²) >= 11 is 1.29. The molecule has 1 saturated carbocycles. The van der Waals surface area contributed by atoms with Crippen LogP contribution < -0.4 is 5.56 Å². The Labute approximate surface area is 151 Å². The molecule has 2 heterocycles. The van der Waals surface area contributed by atoms with Crippen molar-refractivity contribution in [3.63, 3.8) is 0 Å². The summed E-state index contributed by atoms with van der Waals surface area (Å²) in [4.78, 5) is 51.1. The molecule has 2 aromatic rings. The van der Waals surface area contributed by atoms with Gasteiger partial charge in [-0.2, -0.15) is 0 Å². The van der Waals surface area contributed by atoms with Gasteiger partial charge in [-0.3, -0.25) is 28.9 Å². The molecule has 1 aliphatic rings. The number of nitrogens with zero attached hydrogens (tertiary/aromatic N) is 3. The van der Waals surface area contributed by atoms with Crippen LogP contribution in [0.15, 0.2) is 22.4 Å². The number of nitro groups is 1. The van der Waals surface area contributed by atoms with Crippen molar-refractivity contribution in [2.75, 3.05) is 6.54 Å². The number of hydrogen-bond acceptors (Lipinski definition) is 8. The van der Waals surface area contributed by atoms with Crippen LogP contribution in [0.25, 0.3) is 4.96 Å². The number of rotatable bonds is 6. The lowest BCUT2D eigenvalue weighted by Crippen LogP contribution is -2.27. The Morgan fingerprint density at radius 3 is 3.00 bits per heavy atom. The molecule has 3 rings (SSSR count). The average molecular weight is 379 g/mol. The fourth-order valence-corrected chi connectivity index (χ4v) is 4.09. The number of carbonyl (C=O) groups is 2. The number of ether oxygens (including phenoxy) is 1. The fourth-order valence-electron chi connectivity index (χ4n) is 3.35. The standard InChI is InChI=1S/C16H17N3O6S/c1-9-4-13(20)11(12(9)7-19(23)24)6-15(22)25-8-10-5-14(21)18-2-3-26-16(18)17-10/h2-3,5,9,11-12H,4,6-8H2,1H3/t9-,11-,12+/m0/s1. The molecule has 1 aliphatic carbocycles. The number of ketones is 1. The lowest BCUT2D eigenvalue weighted by Gasteiger charge is -2.17. The number of Topliss-reactive ketones (excluding diaryl/α,β-unsaturated/α-hetero) is 1. The molecule has 0 saturated heterocycles. The summed E-state index contributed by atoms with van der Waals surface area (Å²) in [5, 5.41) is 12.5. The number of aromatic nitrogens is 2. The molecule has 0 N–H and O–H groups in total. The quantitative estimate of drug-likeness (QED) is 0.421. The van der Waals surface area contributed by atoms with Crippen molar-refractivity contribution in [2.24, 2.45) is 17.8 Å². The molecule has 9 nitrogen and oxygen atoms in total. The van der Waals surface area contributed by atoms with Crippen LogP contribution in [0.2, 0.25) is 0 Å². The lowest BCUT2D eigenvalue weighted by atomic mass is 9.88. The normalized spacial score (nSPS) is 22.7. The maximum Gasteiger partial charge on any atom is 0.306 e. The Morgan fingerprint density at radius 1 is 1.50 bits per heavy atom. The molecule has 0 unspecified atom stereocenters. The Balaban J connectivity index is 1.63. The van der Waals surface area contributed by atoms with E-state index in [1.54, 1.807) is 18.5 Å². The highest BCUT2D eigenvalue weighted by molar-refractivity contribution is 7.15. The lowest BCUT2D eigenvalue weighted by molar-refractivity contribution is -0.490. The van der Waals surface area contributed by atoms with E-state index in [1.165, 1.54) is 21.8 Å². The monoisotopic (exact) mass is 379 g/mol. The number of fused-ring (bicyclic) bond motifs is 1. The van der Waals surface area contributed by atoms with Gasteiger partial charge in [0, 0.05) is 40.8 Å². The summed E-state index contributed by atoms with van der Waals surface area (Å²) in [5.41, 5.74) is 0.0481. The molecule has 26 heavy (non-hydrogen) atoms. The van der Waals surface area contributed by atoms with Crippen LogP contribution in [-0.4, -0.2) is 32.6 Å². The smallest absolute Gasteiger partial charge is 0.306 e. The SMILES string of the molecule is C[C@H]1CC(=O)[C@@H](CC(=O)OCc2cc(=O)n3ccsc3n2)[C@@H]1C[N+](=O)[O-]. The fraction of sp³-hybridized carbons (Fsp3) is 0.500. The van der Waals surface area contributed by atoms with Gasteiger partial charge in [-0.1, -0.05) is 6.92 Å². The molecule has 2 aromatic heterocycles. The van der Waals surface area contributed by atoms with Gasteiger partial charge < -0.3 is 4.74 Å². The predicted octanol–water partition coefficient (Wildman–Crippen LogP) is 1.31. The molecule has 10 heteroatoms. The van der Waals surface area contributed by atoms with E-state index >= 15 is 0 Å². The average Bonchev–Trinajstić information content (AvgIpc) is 3.13. The predicted molar refractivity (Wildman–Crippen MR) is 91.4 cm³/mol. The molecule has 0 spiro atoms. The van der Waals surface area contributed by atoms with E-state index in [2.05, 4.69) is 4.98 Å². The van der Waals surface area contributed by atoms with Gasteiger partial charge in [0.25, 0.3) is 5.56 Å². The zero-order chi connectivity index (χ0) is 18.8. The van der Waals surface area contributed by atoms with Gasteiger partial charge in [-0.15, -0.1) is 11.3 Å². The summed E-state index contributed by atoms with van der Waals surface area (Å²) in [6, 6.07) is 1.28. The second kappa shape index (κ2) is 7.32. The van der Waals surface area contributed by atoms with Crippen molar-refractivity contribution >= 4 is 28.1 Å². The van der Waals surface area contributed by atoms with Crippen molar-refractivity contribution in [2.45, 2.75) is 26.4 Å². The van der Waals surface area contributed by atoms with E-state index < -0.39 is 22.7 Å². The van der Waals surface area contributed by atoms with Crippen LogP contribution in [0.4, 0.5) is 0 Å². The van der Waals surface area contributed by atoms with Gasteiger partial charge in [-0.25, -0.2) is 4.98 Å². The van der Waals surface area contributed by atoms with Crippen LogP contribution in [-0.2, 0) is 20.9 Å². The first-order valence-electron chi connectivity index (χ1n) is 8.11. The van der Waals surface area contributed by atoms with Gasteiger partial charge >= 0.3 is 5.97 Å². The number of carbonyl (C=O) groups excluding carboxylic acids is 2. The van der Waals surface area contributed by atoms with Crippen molar-refractivity contribution in [3.8, 4) is 0 Å². The van der Waals surface area contributed by atoms with Crippen molar-refractivity contribution < 1.29 is 19.2 Å². The Hall–Kier alpha value is -2.62. The molecule has 138 valence electrons. The molecule has 1 fully saturated rings. The topological polar surface area (TPSA) is 121 Å².